The number of rotatable bonds is 5. The fourth-order valence-corrected chi connectivity index (χ4v) is 4.09. The fourth-order valence-electron chi connectivity index (χ4n) is 3.70. The Kier molecular flexibility index (Phi) is 5.89. The number of benzene rings is 2. The summed E-state index contributed by atoms with van der Waals surface area (Å²) in [6.07, 6.45) is 5.96. The summed E-state index contributed by atoms with van der Waals surface area (Å²) in [7, 11) is 2.87. The first-order chi connectivity index (χ1) is 12.0. The molecule has 2 aromatic rings. The Labute approximate surface area is 149 Å². The highest BCUT2D eigenvalue weighted by molar-refractivity contribution is 7.17. The first-order valence-corrected chi connectivity index (χ1v) is 9.65. The van der Waals surface area contributed by atoms with E-state index in [0.717, 1.165) is 19.3 Å². The monoisotopic (exact) mass is 368 g/mol. The summed E-state index contributed by atoms with van der Waals surface area (Å²) in [6.45, 7) is 1.98. The van der Waals surface area contributed by atoms with Gasteiger partial charge in [-0.1, -0.05) is 6.07 Å². The van der Waals surface area contributed by atoms with Crippen molar-refractivity contribution >= 4 is 20.0 Å². The van der Waals surface area contributed by atoms with E-state index in [1.165, 1.54) is 18.9 Å². The molecular formula is C20H24F3OP. The van der Waals surface area contributed by atoms with Crippen molar-refractivity contribution in [3.05, 3.63) is 41.2 Å². The smallest absolute Gasteiger partial charge is 0.175 e. The van der Waals surface area contributed by atoms with Gasteiger partial charge >= 0.3 is 0 Å². The van der Waals surface area contributed by atoms with Crippen LogP contribution in [0.25, 0.3) is 10.8 Å². The van der Waals surface area contributed by atoms with E-state index in [2.05, 4.69) is 9.24 Å². The molecule has 0 spiro atoms. The zero-order valence-electron chi connectivity index (χ0n) is 14.5. The normalized spacial score (nSPS) is 20.8. The van der Waals surface area contributed by atoms with Crippen molar-refractivity contribution in [1.82, 2.24) is 0 Å². The molecule has 5 heteroatoms. The molecule has 1 unspecified atom stereocenters. The van der Waals surface area contributed by atoms with Crippen LogP contribution in [0.5, 0.6) is 5.75 Å². The van der Waals surface area contributed by atoms with E-state index in [0.29, 0.717) is 28.9 Å². The van der Waals surface area contributed by atoms with Crippen LogP contribution in [0, 0.1) is 23.4 Å². The molecule has 1 aliphatic carbocycles. The van der Waals surface area contributed by atoms with Crippen molar-refractivity contribution in [2.24, 2.45) is 5.92 Å². The molecular weight excluding hydrogens is 344 g/mol. The highest BCUT2D eigenvalue weighted by Gasteiger charge is 2.22. The number of ether oxygens (including phenoxy) is 1. The Morgan fingerprint density at radius 2 is 1.76 bits per heavy atom. The van der Waals surface area contributed by atoms with Crippen molar-refractivity contribution < 1.29 is 17.9 Å². The standard InChI is InChI=1S/C20H24F3OP/c1-2-24-16-10-7-13-11-14(18(21)20(23)17(13)19(16)22)6-3-12-4-8-15(25)9-5-12/h7,10-12,15H,2-6,8-9,25H2,1H3. The molecule has 1 nitrogen and oxygen atoms in total. The van der Waals surface area contributed by atoms with Crippen LogP contribution in [0.15, 0.2) is 18.2 Å². The minimum atomic E-state index is -1.11. The van der Waals surface area contributed by atoms with Gasteiger partial charge in [-0.25, -0.2) is 13.2 Å². The minimum absolute atomic E-state index is 0.0461. The van der Waals surface area contributed by atoms with Crippen molar-refractivity contribution in [3.8, 4) is 5.75 Å². The number of aryl methyl sites for hydroxylation is 1. The molecule has 0 aromatic heterocycles. The van der Waals surface area contributed by atoms with E-state index in [1.807, 2.05) is 0 Å². The molecule has 2 aromatic carbocycles. The molecule has 1 fully saturated rings. The van der Waals surface area contributed by atoms with Crippen molar-refractivity contribution in [2.45, 2.75) is 51.1 Å². The van der Waals surface area contributed by atoms with Crippen LogP contribution < -0.4 is 4.74 Å². The third kappa shape index (κ3) is 3.95. The Bertz CT molecular complexity index is 754. The number of halogens is 3. The predicted molar refractivity (Wildman–Crippen MR) is 98.8 cm³/mol. The zero-order valence-corrected chi connectivity index (χ0v) is 15.6. The van der Waals surface area contributed by atoms with Crippen LogP contribution in [0.3, 0.4) is 0 Å². The fraction of sp³-hybridized carbons (Fsp3) is 0.500. The molecule has 0 N–H and O–H groups in total. The maximum absolute atomic E-state index is 14.5. The van der Waals surface area contributed by atoms with Gasteiger partial charge in [0.25, 0.3) is 0 Å². The van der Waals surface area contributed by atoms with Crippen LogP contribution in [-0.4, -0.2) is 12.3 Å². The highest BCUT2D eigenvalue weighted by atomic mass is 31.0. The summed E-state index contributed by atoms with van der Waals surface area (Å²) in [5.74, 6) is -2.36. The number of hydrogen-bond acceptors (Lipinski definition) is 1. The van der Waals surface area contributed by atoms with Crippen LogP contribution in [-0.2, 0) is 6.42 Å². The largest absolute Gasteiger partial charge is 0.491 e. The molecule has 0 radical (unpaired) electrons. The molecule has 0 heterocycles. The Morgan fingerprint density at radius 3 is 2.44 bits per heavy atom. The summed E-state index contributed by atoms with van der Waals surface area (Å²) < 4.78 is 48.5. The van der Waals surface area contributed by atoms with Crippen LogP contribution >= 0.6 is 9.24 Å². The van der Waals surface area contributed by atoms with Gasteiger partial charge in [-0.05, 0) is 80.1 Å². The van der Waals surface area contributed by atoms with Gasteiger partial charge in [0.2, 0.25) is 0 Å². The summed E-state index contributed by atoms with van der Waals surface area (Å²) in [6, 6.07) is 4.64. The number of hydrogen-bond donors (Lipinski definition) is 0. The second kappa shape index (κ2) is 7.95. The van der Waals surface area contributed by atoms with E-state index in [4.69, 9.17) is 4.74 Å². The molecule has 1 aliphatic rings. The van der Waals surface area contributed by atoms with E-state index in [9.17, 15) is 13.2 Å². The molecule has 0 saturated heterocycles. The lowest BCUT2D eigenvalue weighted by Crippen LogP contribution is -2.14. The van der Waals surface area contributed by atoms with Gasteiger partial charge < -0.3 is 4.74 Å². The van der Waals surface area contributed by atoms with Gasteiger partial charge in [0.15, 0.2) is 23.2 Å². The molecule has 25 heavy (non-hydrogen) atoms. The quantitative estimate of drug-likeness (QED) is 0.586. The predicted octanol–water partition coefficient (Wildman–Crippen LogP) is 6.02. The van der Waals surface area contributed by atoms with Gasteiger partial charge in [-0.3, -0.25) is 0 Å². The number of fused-ring (bicyclic) bond motifs is 1. The Hall–Kier alpha value is -1.28. The third-order valence-corrected chi connectivity index (χ3v) is 5.84. The average molecular weight is 368 g/mol. The van der Waals surface area contributed by atoms with Gasteiger partial charge in [-0.2, -0.15) is 0 Å². The summed E-state index contributed by atoms with van der Waals surface area (Å²) >= 11 is 0. The Balaban J connectivity index is 1.85. The summed E-state index contributed by atoms with van der Waals surface area (Å²) in [5.41, 5.74) is 1.02. The van der Waals surface area contributed by atoms with Crippen LogP contribution in [0.2, 0.25) is 0 Å². The van der Waals surface area contributed by atoms with Gasteiger partial charge in [0.05, 0.1) is 12.0 Å². The SMILES string of the molecule is CCOc1ccc2cc(CCC3CCC(P)CC3)c(F)c(F)c2c1F. The third-order valence-electron chi connectivity index (χ3n) is 5.18. The van der Waals surface area contributed by atoms with E-state index in [-0.39, 0.29) is 17.7 Å². The minimum Gasteiger partial charge on any atom is -0.491 e. The van der Waals surface area contributed by atoms with Gasteiger partial charge in [0, 0.05) is 0 Å². The topological polar surface area (TPSA) is 9.23 Å². The molecule has 1 saturated carbocycles. The molecule has 136 valence electrons. The van der Waals surface area contributed by atoms with Gasteiger partial charge in [-0.15, -0.1) is 9.24 Å². The van der Waals surface area contributed by atoms with E-state index >= 15 is 0 Å². The first kappa shape index (κ1) is 18.5. The molecule has 3 rings (SSSR count). The zero-order chi connectivity index (χ0) is 18.0. The maximum Gasteiger partial charge on any atom is 0.175 e. The van der Waals surface area contributed by atoms with Crippen molar-refractivity contribution in [2.75, 3.05) is 6.61 Å². The maximum atomic E-state index is 14.5. The Morgan fingerprint density at radius 1 is 1.04 bits per heavy atom. The lowest BCUT2D eigenvalue weighted by atomic mass is 9.84. The second-order valence-corrected chi connectivity index (χ2v) is 7.83. The average Bonchev–Trinajstić information content (AvgIpc) is 2.60. The molecule has 0 bridgehead atoms. The molecule has 1 atom stereocenters. The van der Waals surface area contributed by atoms with Crippen molar-refractivity contribution in [1.29, 1.82) is 0 Å². The lowest BCUT2D eigenvalue weighted by Gasteiger charge is -2.26. The highest BCUT2D eigenvalue weighted by Crippen LogP contribution is 2.34. The van der Waals surface area contributed by atoms with E-state index < -0.39 is 17.5 Å². The summed E-state index contributed by atoms with van der Waals surface area (Å²) in [5, 5.41) is 0.0548. The van der Waals surface area contributed by atoms with Crippen molar-refractivity contribution in [3.63, 3.8) is 0 Å². The summed E-state index contributed by atoms with van der Waals surface area (Å²) in [4.78, 5) is 0. The molecule has 0 amide bonds. The van der Waals surface area contributed by atoms with Crippen LogP contribution in [0.4, 0.5) is 13.2 Å². The van der Waals surface area contributed by atoms with Gasteiger partial charge in [0.1, 0.15) is 0 Å². The second-order valence-electron chi connectivity index (χ2n) is 6.89. The first-order valence-electron chi connectivity index (χ1n) is 8.98. The van der Waals surface area contributed by atoms with Crippen LogP contribution in [0.1, 0.15) is 44.6 Å². The lowest BCUT2D eigenvalue weighted by molar-refractivity contribution is 0.322. The van der Waals surface area contributed by atoms with E-state index in [1.54, 1.807) is 19.1 Å². The molecule has 0 aliphatic heterocycles.